The van der Waals surface area contributed by atoms with Gasteiger partial charge in [0.25, 0.3) is 14.1 Å². The fourth-order valence-electron chi connectivity index (χ4n) is 8.10. The van der Waals surface area contributed by atoms with Crippen LogP contribution in [0.1, 0.15) is 50.6 Å². The first-order chi connectivity index (χ1) is 32.5. The van der Waals surface area contributed by atoms with Gasteiger partial charge in [-0.15, -0.1) is 0 Å². The highest BCUT2D eigenvalue weighted by atomic mass is 33.1. The molecular formula is C48H66N3O13PS2. The molecule has 3 aromatic carbocycles. The molecular weight excluding hydrogens is 922 g/mol. The summed E-state index contributed by atoms with van der Waals surface area (Å²) in [5, 5.41) is 0. The van der Waals surface area contributed by atoms with E-state index < -0.39 is 49.9 Å². The van der Waals surface area contributed by atoms with Crippen molar-refractivity contribution < 1.29 is 51.7 Å². The van der Waals surface area contributed by atoms with Crippen molar-refractivity contribution in [3.05, 3.63) is 129 Å². The predicted molar refractivity (Wildman–Crippen MR) is 261 cm³/mol. The Kier molecular flexibility index (Phi) is 21.0. The lowest BCUT2D eigenvalue weighted by atomic mass is 9.80. The average molecular weight is 988 g/mol. The van der Waals surface area contributed by atoms with Gasteiger partial charge in [0.1, 0.15) is 41.5 Å². The van der Waals surface area contributed by atoms with E-state index in [0.717, 1.165) is 16.7 Å². The van der Waals surface area contributed by atoms with Crippen LogP contribution >= 0.6 is 30.1 Å². The molecule has 2 aliphatic rings. The third kappa shape index (κ3) is 13.7. The number of hydrogen-bond donors (Lipinski definition) is 1. The zero-order valence-corrected chi connectivity index (χ0v) is 42.1. The highest BCUT2D eigenvalue weighted by molar-refractivity contribution is 8.76. The number of nitrogens with zero attached hydrogens (tertiary/aromatic N) is 2. The van der Waals surface area contributed by atoms with Gasteiger partial charge in [0.2, 0.25) is 0 Å². The molecule has 0 spiro atoms. The summed E-state index contributed by atoms with van der Waals surface area (Å²) < 4.78 is 72.5. The SMILES string of the molecule is COCCOCCOCCO[C@@H]1CSSC[C@H]1OP(O[C@@H]1[C@@H](COC(c2ccccc2)(c2ccc(OC)cc2)c2ccc(OC)cc2)OC(n2ccc(=O)[nH]c2=O)[C@@H]1OC)N(C(C)C)C(C)C. The molecule has 0 bridgehead atoms. The van der Waals surface area contributed by atoms with Crippen molar-refractivity contribution in [3.63, 3.8) is 0 Å². The Bertz CT molecular complexity index is 2110. The topological polar surface area (TPSA) is 160 Å². The molecule has 19 heteroatoms. The van der Waals surface area contributed by atoms with E-state index in [-0.39, 0.29) is 30.9 Å². The summed E-state index contributed by atoms with van der Waals surface area (Å²) in [6.07, 6.45) is -2.75. The maximum absolute atomic E-state index is 13.5. The molecule has 368 valence electrons. The van der Waals surface area contributed by atoms with Crippen molar-refractivity contribution >= 4 is 30.1 Å². The van der Waals surface area contributed by atoms with Crippen LogP contribution in [0.25, 0.3) is 0 Å². The number of methoxy groups -OCH3 is 4. The Morgan fingerprint density at radius 2 is 1.28 bits per heavy atom. The van der Waals surface area contributed by atoms with Crippen LogP contribution in [0, 0.1) is 0 Å². The molecule has 16 nitrogen and oxygen atoms in total. The predicted octanol–water partition coefficient (Wildman–Crippen LogP) is 7.05. The number of aromatic nitrogens is 2. The minimum Gasteiger partial charge on any atom is -0.497 e. The van der Waals surface area contributed by atoms with E-state index in [1.165, 1.54) is 16.8 Å². The summed E-state index contributed by atoms with van der Waals surface area (Å²) in [4.78, 5) is 28.2. The van der Waals surface area contributed by atoms with Crippen LogP contribution < -0.4 is 20.7 Å². The molecule has 6 rings (SSSR count). The van der Waals surface area contributed by atoms with E-state index in [4.69, 9.17) is 51.7 Å². The Morgan fingerprint density at radius 1 is 0.716 bits per heavy atom. The maximum Gasteiger partial charge on any atom is 0.330 e. The summed E-state index contributed by atoms with van der Waals surface area (Å²) in [5.41, 5.74) is 0.120. The fourth-order valence-corrected chi connectivity index (χ4v) is 12.6. The van der Waals surface area contributed by atoms with Crippen LogP contribution in [0.15, 0.2) is 101 Å². The lowest BCUT2D eigenvalue weighted by Gasteiger charge is -2.42. The van der Waals surface area contributed by atoms with E-state index in [0.29, 0.717) is 62.6 Å². The number of nitrogens with one attached hydrogen (secondary N) is 1. The van der Waals surface area contributed by atoms with Crippen molar-refractivity contribution in [1.29, 1.82) is 0 Å². The second kappa shape index (κ2) is 26.6. The monoisotopic (exact) mass is 987 g/mol. The first-order valence-corrected chi connectivity index (χ1v) is 26.1. The summed E-state index contributed by atoms with van der Waals surface area (Å²) in [5.74, 6) is 2.75. The highest BCUT2D eigenvalue weighted by Gasteiger charge is 2.52. The Balaban J connectivity index is 1.36. The van der Waals surface area contributed by atoms with Crippen LogP contribution in [-0.2, 0) is 47.8 Å². The molecule has 0 amide bonds. The molecule has 7 atom stereocenters. The molecule has 0 saturated carbocycles. The largest absolute Gasteiger partial charge is 0.497 e. The number of rotatable bonds is 27. The third-order valence-corrected chi connectivity index (χ3v) is 15.9. The molecule has 0 aliphatic carbocycles. The lowest BCUT2D eigenvalue weighted by molar-refractivity contribution is -0.0963. The molecule has 2 saturated heterocycles. The van der Waals surface area contributed by atoms with Gasteiger partial charge in [-0.05, 0) is 68.7 Å². The van der Waals surface area contributed by atoms with Crippen LogP contribution in [0.4, 0.5) is 0 Å². The minimum atomic E-state index is -1.85. The van der Waals surface area contributed by atoms with Crippen molar-refractivity contribution in [2.45, 2.75) is 82.1 Å². The zero-order valence-electron chi connectivity index (χ0n) is 39.6. The molecule has 2 unspecified atom stereocenters. The van der Waals surface area contributed by atoms with Gasteiger partial charge in [0, 0.05) is 50.1 Å². The van der Waals surface area contributed by atoms with Crippen LogP contribution in [0.5, 0.6) is 11.5 Å². The van der Waals surface area contributed by atoms with Crippen LogP contribution in [-0.4, -0.2) is 143 Å². The average Bonchev–Trinajstić information content (AvgIpc) is 3.68. The summed E-state index contributed by atoms with van der Waals surface area (Å²) in [7, 11) is 8.08. The van der Waals surface area contributed by atoms with Gasteiger partial charge < -0.3 is 51.7 Å². The molecule has 2 fully saturated rings. The summed E-state index contributed by atoms with van der Waals surface area (Å²) in [6.45, 7) is 11.2. The second-order valence-corrected chi connectivity index (χ2v) is 20.2. The number of ether oxygens (including phenoxy) is 9. The van der Waals surface area contributed by atoms with Crippen molar-refractivity contribution in [2.24, 2.45) is 0 Å². The van der Waals surface area contributed by atoms with Crippen molar-refractivity contribution in [3.8, 4) is 11.5 Å². The van der Waals surface area contributed by atoms with Gasteiger partial charge in [-0.3, -0.25) is 14.3 Å². The van der Waals surface area contributed by atoms with Gasteiger partial charge >= 0.3 is 5.69 Å². The van der Waals surface area contributed by atoms with E-state index in [1.54, 1.807) is 50.0 Å². The smallest absolute Gasteiger partial charge is 0.330 e. The standard InChI is InChI=1S/C48H66N3O13PS2/c1-33(2)51(34(3)4)65(63-42-32-67-66-31-41(42)60-29-28-59-27-26-58-25-24-54-5)64-44-40(62-46(45(44)57-8)50-23-22-43(52)49-47(50)53)30-61-48(35-12-10-9-11-13-35,36-14-18-38(55-6)19-15-36)37-16-20-39(56-7)21-17-37/h9-23,33-34,40-42,44-46H,24-32H2,1-8H3,(H,49,52,53)/t40-,41-,42-,44-,45-,46?,65?/m1/s1. The Hall–Kier alpha value is -3.33. The van der Waals surface area contributed by atoms with E-state index >= 15 is 0 Å². The van der Waals surface area contributed by atoms with Gasteiger partial charge in [0.05, 0.1) is 66.6 Å². The summed E-state index contributed by atoms with van der Waals surface area (Å²) >= 11 is 0. The Morgan fingerprint density at radius 3 is 1.84 bits per heavy atom. The minimum absolute atomic E-state index is 0.00196. The van der Waals surface area contributed by atoms with E-state index in [1.807, 2.05) is 78.9 Å². The van der Waals surface area contributed by atoms with Crippen LogP contribution in [0.3, 0.4) is 0 Å². The fraction of sp³-hybridized carbons (Fsp3) is 0.542. The number of benzene rings is 3. The maximum atomic E-state index is 13.5. The highest BCUT2D eigenvalue weighted by Crippen LogP contribution is 2.53. The molecule has 0 radical (unpaired) electrons. The lowest BCUT2D eigenvalue weighted by Crippen LogP contribution is -2.45. The number of aromatic amines is 1. The van der Waals surface area contributed by atoms with E-state index in [2.05, 4.69) is 37.3 Å². The van der Waals surface area contributed by atoms with Gasteiger partial charge in [-0.1, -0.05) is 76.2 Å². The summed E-state index contributed by atoms with van der Waals surface area (Å²) in [6, 6.07) is 26.8. The second-order valence-electron chi connectivity index (χ2n) is 16.3. The molecule has 2 aliphatic heterocycles. The van der Waals surface area contributed by atoms with Crippen molar-refractivity contribution in [1.82, 2.24) is 14.2 Å². The number of H-pyrrole nitrogens is 1. The molecule has 4 aromatic rings. The Labute approximate surface area is 402 Å². The van der Waals surface area contributed by atoms with E-state index in [9.17, 15) is 9.59 Å². The third-order valence-electron chi connectivity index (χ3n) is 11.3. The number of hydrogen-bond acceptors (Lipinski definition) is 16. The zero-order chi connectivity index (χ0) is 47.8. The first-order valence-electron chi connectivity index (χ1n) is 22.4. The van der Waals surface area contributed by atoms with Gasteiger partial charge in [-0.25, -0.2) is 9.46 Å². The first kappa shape index (κ1) is 53.0. The normalized spacial score (nSPS) is 21.6. The molecule has 3 heterocycles. The molecule has 1 N–H and O–H groups in total. The van der Waals surface area contributed by atoms with Crippen molar-refractivity contribution in [2.75, 3.05) is 86.2 Å². The van der Waals surface area contributed by atoms with Crippen LogP contribution in [0.2, 0.25) is 0 Å². The molecule has 67 heavy (non-hydrogen) atoms. The van der Waals surface area contributed by atoms with Gasteiger partial charge in [-0.2, -0.15) is 0 Å². The molecule has 1 aromatic heterocycles. The van der Waals surface area contributed by atoms with Gasteiger partial charge in [0.15, 0.2) is 6.23 Å². The quantitative estimate of drug-likeness (QED) is 0.0280.